The summed E-state index contributed by atoms with van der Waals surface area (Å²) in [5.41, 5.74) is 1.63. The minimum Gasteiger partial charge on any atom is -0.492 e. The number of para-hydroxylation sites is 2. The van der Waals surface area contributed by atoms with E-state index in [1.165, 1.54) is 0 Å². The molecule has 26 heavy (non-hydrogen) atoms. The van der Waals surface area contributed by atoms with Crippen molar-refractivity contribution in [3.63, 3.8) is 0 Å². The molecule has 0 aromatic heterocycles. The van der Waals surface area contributed by atoms with Crippen molar-refractivity contribution in [1.29, 1.82) is 0 Å². The highest BCUT2D eigenvalue weighted by Crippen LogP contribution is 2.29. The van der Waals surface area contributed by atoms with Gasteiger partial charge < -0.3 is 15.2 Å². The van der Waals surface area contributed by atoms with Crippen molar-refractivity contribution in [2.45, 2.75) is 31.9 Å². The molecule has 1 amide bonds. The molecule has 1 fully saturated rings. The van der Waals surface area contributed by atoms with Crippen molar-refractivity contribution in [1.82, 2.24) is 4.90 Å². The van der Waals surface area contributed by atoms with Gasteiger partial charge in [0.1, 0.15) is 11.8 Å². The van der Waals surface area contributed by atoms with Crippen LogP contribution in [-0.4, -0.2) is 41.7 Å². The molecule has 1 atom stereocenters. The van der Waals surface area contributed by atoms with Gasteiger partial charge in [-0.15, -0.1) is 0 Å². The number of carbonyl (C=O) groups excluding carboxylic acids is 1. The number of amides is 1. The monoisotopic (exact) mass is 354 g/mol. The summed E-state index contributed by atoms with van der Waals surface area (Å²) in [7, 11) is 0. The molecular formula is C21H26N2O3. The number of hydrogen-bond donors (Lipinski definition) is 2. The summed E-state index contributed by atoms with van der Waals surface area (Å²) in [6.07, 6.45) is 1.10. The van der Waals surface area contributed by atoms with Crippen molar-refractivity contribution in [3.8, 4) is 5.75 Å². The van der Waals surface area contributed by atoms with Gasteiger partial charge in [0.15, 0.2) is 0 Å². The molecule has 0 unspecified atom stereocenters. The predicted octanol–water partition coefficient (Wildman–Crippen LogP) is 3.22. The first-order valence-electron chi connectivity index (χ1n) is 9.18. The van der Waals surface area contributed by atoms with Crippen LogP contribution in [0.4, 0.5) is 5.69 Å². The van der Waals surface area contributed by atoms with E-state index in [1.54, 1.807) is 0 Å². The average molecular weight is 354 g/mol. The molecule has 0 aliphatic carbocycles. The third-order valence-corrected chi connectivity index (χ3v) is 4.67. The first-order valence-corrected chi connectivity index (χ1v) is 9.18. The number of aliphatic hydroxyl groups is 1. The molecule has 1 aliphatic heterocycles. The second kappa shape index (κ2) is 8.83. The Hall–Kier alpha value is -2.37. The highest BCUT2D eigenvalue weighted by Gasteiger charge is 2.31. The number of rotatable bonds is 6. The van der Waals surface area contributed by atoms with Gasteiger partial charge in [0.2, 0.25) is 5.91 Å². The molecule has 1 aliphatic rings. The van der Waals surface area contributed by atoms with E-state index in [-0.39, 0.29) is 12.0 Å². The molecule has 138 valence electrons. The van der Waals surface area contributed by atoms with E-state index in [2.05, 4.69) is 10.2 Å². The molecule has 3 rings (SSSR count). The smallest absolute Gasteiger partial charge is 0.246 e. The van der Waals surface area contributed by atoms with Crippen LogP contribution in [0.25, 0.3) is 0 Å². The third-order valence-electron chi connectivity index (χ3n) is 4.67. The molecule has 0 saturated carbocycles. The molecule has 0 spiro atoms. The molecule has 2 aromatic carbocycles. The Balaban J connectivity index is 1.84. The number of hydrogen-bond acceptors (Lipinski definition) is 4. The van der Waals surface area contributed by atoms with E-state index in [0.717, 1.165) is 5.56 Å². The lowest BCUT2D eigenvalue weighted by atomic mass is 9.99. The third kappa shape index (κ3) is 4.42. The van der Waals surface area contributed by atoms with Crippen LogP contribution in [0.3, 0.4) is 0 Å². The molecule has 1 heterocycles. The van der Waals surface area contributed by atoms with E-state index < -0.39 is 6.04 Å². The molecule has 2 aromatic rings. The van der Waals surface area contributed by atoms with Crippen LogP contribution < -0.4 is 10.1 Å². The second-order valence-corrected chi connectivity index (χ2v) is 6.50. The van der Waals surface area contributed by atoms with Crippen molar-refractivity contribution in [2.24, 2.45) is 0 Å². The van der Waals surface area contributed by atoms with Gasteiger partial charge in [-0.05, 0) is 37.5 Å². The zero-order valence-electron chi connectivity index (χ0n) is 15.1. The maximum atomic E-state index is 13.2. The van der Waals surface area contributed by atoms with Crippen LogP contribution in [-0.2, 0) is 4.79 Å². The van der Waals surface area contributed by atoms with Crippen LogP contribution in [0, 0.1) is 0 Å². The minimum absolute atomic E-state index is 0.0836. The lowest BCUT2D eigenvalue weighted by Crippen LogP contribution is -2.43. The number of aliphatic hydroxyl groups excluding tert-OH is 1. The molecule has 5 nitrogen and oxygen atoms in total. The van der Waals surface area contributed by atoms with Gasteiger partial charge in [-0.25, -0.2) is 0 Å². The average Bonchev–Trinajstić information content (AvgIpc) is 2.66. The second-order valence-electron chi connectivity index (χ2n) is 6.50. The Bertz CT molecular complexity index is 712. The first-order chi connectivity index (χ1) is 12.7. The number of benzene rings is 2. The molecular weight excluding hydrogens is 328 g/mol. The van der Waals surface area contributed by atoms with Gasteiger partial charge in [-0.2, -0.15) is 0 Å². The summed E-state index contributed by atoms with van der Waals surface area (Å²) in [6.45, 7) is 3.85. The van der Waals surface area contributed by atoms with E-state index in [4.69, 9.17) is 4.74 Å². The molecule has 1 saturated heterocycles. The summed E-state index contributed by atoms with van der Waals surface area (Å²) < 4.78 is 5.62. The van der Waals surface area contributed by atoms with Crippen LogP contribution >= 0.6 is 0 Å². The van der Waals surface area contributed by atoms with Crippen LogP contribution in [0.5, 0.6) is 5.75 Å². The first kappa shape index (κ1) is 18.4. The van der Waals surface area contributed by atoms with Crippen molar-refractivity contribution in [2.75, 3.05) is 25.0 Å². The summed E-state index contributed by atoms with van der Waals surface area (Å²) in [4.78, 5) is 15.3. The predicted molar refractivity (Wildman–Crippen MR) is 102 cm³/mol. The summed E-state index contributed by atoms with van der Waals surface area (Å²) in [6, 6.07) is 16.9. The zero-order chi connectivity index (χ0) is 18.4. The maximum Gasteiger partial charge on any atom is 0.246 e. The fraction of sp³-hybridized carbons (Fsp3) is 0.381. The van der Waals surface area contributed by atoms with Crippen molar-refractivity contribution in [3.05, 3.63) is 60.2 Å². The highest BCUT2D eigenvalue weighted by atomic mass is 16.5. The molecule has 2 N–H and O–H groups in total. The van der Waals surface area contributed by atoms with Crippen LogP contribution in [0.1, 0.15) is 31.4 Å². The standard InChI is InChI=1S/C21H26N2O3/c1-2-26-19-11-7-6-10-18(19)22-21(25)20(16-8-4-3-5-9-16)23-14-12-17(24)13-15-23/h3-11,17,20,24H,2,12-15H2,1H3,(H,22,25)/t20-/m0/s1. The van der Waals surface area contributed by atoms with E-state index in [1.807, 2.05) is 61.5 Å². The van der Waals surface area contributed by atoms with E-state index in [0.29, 0.717) is 44.0 Å². The van der Waals surface area contributed by atoms with Gasteiger partial charge in [0.25, 0.3) is 0 Å². The normalized spacial score (nSPS) is 16.8. The molecule has 5 heteroatoms. The Morgan fingerprint density at radius 2 is 1.81 bits per heavy atom. The van der Waals surface area contributed by atoms with Crippen LogP contribution in [0.2, 0.25) is 0 Å². The van der Waals surface area contributed by atoms with Gasteiger partial charge in [0.05, 0.1) is 18.4 Å². The highest BCUT2D eigenvalue weighted by molar-refractivity contribution is 5.96. The lowest BCUT2D eigenvalue weighted by Gasteiger charge is -2.35. The van der Waals surface area contributed by atoms with Crippen molar-refractivity contribution >= 4 is 11.6 Å². The number of piperidine rings is 1. The Kier molecular flexibility index (Phi) is 6.26. The molecule has 0 bridgehead atoms. The summed E-state index contributed by atoms with van der Waals surface area (Å²) >= 11 is 0. The number of carbonyl (C=O) groups is 1. The van der Waals surface area contributed by atoms with Crippen LogP contribution in [0.15, 0.2) is 54.6 Å². The van der Waals surface area contributed by atoms with Gasteiger partial charge >= 0.3 is 0 Å². The van der Waals surface area contributed by atoms with Gasteiger partial charge in [-0.1, -0.05) is 42.5 Å². The molecule has 0 radical (unpaired) electrons. The fourth-order valence-electron chi connectivity index (χ4n) is 3.36. The SMILES string of the molecule is CCOc1ccccc1NC(=O)[C@H](c1ccccc1)N1CCC(O)CC1. The number of anilines is 1. The van der Waals surface area contributed by atoms with Gasteiger partial charge in [0, 0.05) is 13.1 Å². The Labute approximate surface area is 154 Å². The van der Waals surface area contributed by atoms with E-state index in [9.17, 15) is 9.90 Å². The number of ether oxygens (including phenoxy) is 1. The summed E-state index contributed by atoms with van der Waals surface area (Å²) in [5, 5.41) is 12.8. The van der Waals surface area contributed by atoms with E-state index >= 15 is 0 Å². The lowest BCUT2D eigenvalue weighted by molar-refractivity contribution is -0.122. The number of nitrogens with one attached hydrogen (secondary N) is 1. The number of likely N-dealkylation sites (tertiary alicyclic amines) is 1. The fourth-order valence-corrected chi connectivity index (χ4v) is 3.36. The number of nitrogens with zero attached hydrogens (tertiary/aromatic N) is 1. The summed E-state index contributed by atoms with van der Waals surface area (Å²) in [5.74, 6) is 0.587. The topological polar surface area (TPSA) is 61.8 Å². The Morgan fingerprint density at radius 3 is 2.50 bits per heavy atom. The quantitative estimate of drug-likeness (QED) is 0.836. The van der Waals surface area contributed by atoms with Gasteiger partial charge in [-0.3, -0.25) is 9.69 Å². The van der Waals surface area contributed by atoms with Crippen molar-refractivity contribution < 1.29 is 14.6 Å². The zero-order valence-corrected chi connectivity index (χ0v) is 15.1. The Morgan fingerprint density at radius 1 is 1.15 bits per heavy atom. The maximum absolute atomic E-state index is 13.2. The minimum atomic E-state index is -0.390. The largest absolute Gasteiger partial charge is 0.492 e.